The first-order chi connectivity index (χ1) is 18.7. The quantitative estimate of drug-likeness (QED) is 0.174. The van der Waals surface area contributed by atoms with Crippen molar-refractivity contribution in [2.45, 2.75) is 70.4 Å². The van der Waals surface area contributed by atoms with Gasteiger partial charge < -0.3 is 20.2 Å². The zero-order valence-corrected chi connectivity index (χ0v) is 20.2. The molecule has 0 bridgehead atoms. The third-order valence-corrected chi connectivity index (χ3v) is 4.82. The molecule has 12 nitrogen and oxygen atoms in total. The van der Waals surface area contributed by atoms with E-state index in [4.69, 9.17) is 0 Å². The molecule has 0 fully saturated rings. The van der Waals surface area contributed by atoms with E-state index in [0.717, 1.165) is 10.8 Å². The van der Waals surface area contributed by atoms with Gasteiger partial charge in [-0.15, -0.1) is 0 Å². The highest BCUT2D eigenvalue weighted by Gasteiger charge is 2.56. The summed E-state index contributed by atoms with van der Waals surface area (Å²) in [4.78, 5) is 48.2. The summed E-state index contributed by atoms with van der Waals surface area (Å²) in [7, 11) is 0. The van der Waals surface area contributed by atoms with Crippen LogP contribution in [0.25, 0.3) is 0 Å². The Bertz CT molecular complexity index is 1240. The number of carbonyl (C=O) groups is 2. The molecule has 41 heavy (non-hydrogen) atoms. The van der Waals surface area contributed by atoms with Gasteiger partial charge in [0.1, 0.15) is 12.4 Å². The van der Waals surface area contributed by atoms with Gasteiger partial charge in [0.2, 0.25) is 0 Å². The highest BCUT2D eigenvalue weighted by atomic mass is 19.4. The molecule has 230 valence electrons. The molecule has 0 saturated carbocycles. The van der Waals surface area contributed by atoms with Crippen LogP contribution in [-0.4, -0.2) is 58.8 Å². The summed E-state index contributed by atoms with van der Waals surface area (Å²) < 4.78 is 123. The van der Waals surface area contributed by atoms with Crippen LogP contribution in [-0.2, 0) is 36.0 Å². The van der Waals surface area contributed by atoms with Crippen molar-refractivity contribution < 1.29 is 63.3 Å². The highest BCUT2D eigenvalue weighted by Crippen LogP contribution is 2.38. The Hall–Kier alpha value is -4.14. The number of carbonyl (C=O) groups excluding carboxylic acids is 2. The lowest BCUT2D eigenvalue weighted by Gasteiger charge is -2.18. The number of alkyl halides is 10. The molecular weight excluding hydrogens is 596 g/mol. The molecule has 2 rings (SSSR count). The average Bonchev–Trinajstić information content (AvgIpc) is 3.45. The molecular formula is C19H18F10N6O6. The number of nitrogens with zero attached hydrogens (tertiary/aromatic N) is 6. The Morgan fingerprint density at radius 1 is 0.732 bits per heavy atom. The van der Waals surface area contributed by atoms with Gasteiger partial charge in [-0.3, -0.25) is 18.7 Å². The molecule has 22 heteroatoms. The van der Waals surface area contributed by atoms with E-state index < -0.39 is 109 Å². The van der Waals surface area contributed by atoms with Crippen LogP contribution in [0, 0.1) is 20.2 Å². The Labute approximate surface area is 221 Å². The molecule has 0 aromatic carbocycles. The molecule has 0 aliphatic rings. The monoisotopic (exact) mass is 614 g/mol. The third-order valence-electron chi connectivity index (χ3n) is 4.82. The van der Waals surface area contributed by atoms with Gasteiger partial charge in [0, 0.05) is 19.3 Å². The number of Topliss-reactive ketones (excluding diaryl/α,β-unsaturated/α-hetero) is 2. The van der Waals surface area contributed by atoms with Crippen LogP contribution >= 0.6 is 0 Å². The Morgan fingerprint density at radius 3 is 1.39 bits per heavy atom. The topological polar surface area (TPSA) is 156 Å². The van der Waals surface area contributed by atoms with Gasteiger partial charge in [0.25, 0.3) is 11.6 Å². The standard InChI is InChI=1S/C10H9F6N3O3.C9H9F4N3O3/c11-3-7-17-8(19(21)22)5-18(7)4-6(20)1-2-9(12,13)10(14,15)16;10-3-7-14-8(16(18)19)5-15(7)4-6(17)1-2-9(11,12)13/h5H,1-4H2;5H,1-4H2/i11-1;10-1. The predicted molar refractivity (Wildman–Crippen MR) is 113 cm³/mol. The van der Waals surface area contributed by atoms with Crippen molar-refractivity contribution in [3.8, 4) is 0 Å². The van der Waals surface area contributed by atoms with Crippen molar-refractivity contribution in [3.05, 3.63) is 44.3 Å². The Morgan fingerprint density at radius 2 is 1.10 bits per heavy atom. The van der Waals surface area contributed by atoms with E-state index in [9.17, 15) is 73.7 Å². The summed E-state index contributed by atoms with van der Waals surface area (Å²) in [5.41, 5.74) is 0. The molecule has 0 atom stereocenters. The largest absolute Gasteiger partial charge is 0.453 e. The molecule has 0 aliphatic heterocycles. The molecule has 0 radical (unpaired) electrons. The van der Waals surface area contributed by atoms with Crippen LogP contribution in [0.1, 0.15) is 37.3 Å². The summed E-state index contributed by atoms with van der Waals surface area (Å²) in [5, 5.41) is 20.8. The van der Waals surface area contributed by atoms with Gasteiger partial charge in [0.05, 0.1) is 19.5 Å². The van der Waals surface area contributed by atoms with Crippen molar-refractivity contribution in [1.29, 1.82) is 0 Å². The van der Waals surface area contributed by atoms with Crippen molar-refractivity contribution in [2.24, 2.45) is 0 Å². The third kappa shape index (κ3) is 11.1. The molecule has 2 heterocycles. The normalized spacial score (nSPS) is 12.0. The van der Waals surface area contributed by atoms with Crippen molar-refractivity contribution in [2.75, 3.05) is 0 Å². The fourth-order valence-electron chi connectivity index (χ4n) is 2.80. The SMILES string of the molecule is O=C(CCC(F)(F)C(F)(F)F)Cn1cc([N+](=O)[O-])nc1C[18F].O=C(CCC(F)(F)F)Cn1cc([N+](=O)[O-])nc1C[18F]. The van der Waals surface area contributed by atoms with E-state index in [1.807, 2.05) is 0 Å². The van der Waals surface area contributed by atoms with Crippen LogP contribution in [0.2, 0.25) is 0 Å². The maximum absolute atomic E-state index is 12.6. The zero-order chi connectivity index (χ0) is 31.8. The summed E-state index contributed by atoms with van der Waals surface area (Å²) in [6, 6.07) is 0. The summed E-state index contributed by atoms with van der Waals surface area (Å²) >= 11 is 0. The maximum atomic E-state index is 12.6. The Kier molecular flexibility index (Phi) is 11.9. The van der Waals surface area contributed by atoms with Crippen molar-refractivity contribution >= 4 is 23.2 Å². The number of aromatic nitrogens is 4. The molecule has 0 saturated heterocycles. The molecule has 0 spiro atoms. The summed E-state index contributed by atoms with van der Waals surface area (Å²) in [6.07, 6.45) is -13.6. The number of hydrogen-bond donors (Lipinski definition) is 0. The smallest absolute Gasteiger partial charge is 0.358 e. The second-order valence-corrected chi connectivity index (χ2v) is 7.96. The summed E-state index contributed by atoms with van der Waals surface area (Å²) in [6.45, 7) is -3.77. The predicted octanol–water partition coefficient (Wildman–Crippen LogP) is 4.98. The van der Waals surface area contributed by atoms with Crippen LogP contribution in [0.4, 0.5) is 55.5 Å². The first-order valence-corrected chi connectivity index (χ1v) is 10.8. The first kappa shape index (κ1) is 34.9. The maximum Gasteiger partial charge on any atom is 0.453 e. The van der Waals surface area contributed by atoms with Gasteiger partial charge in [-0.05, 0) is 19.8 Å². The second-order valence-electron chi connectivity index (χ2n) is 7.96. The first-order valence-electron chi connectivity index (χ1n) is 10.8. The van der Waals surface area contributed by atoms with E-state index in [0.29, 0.717) is 10.8 Å². The minimum atomic E-state index is -5.77. The van der Waals surface area contributed by atoms with E-state index in [2.05, 4.69) is 9.97 Å². The van der Waals surface area contributed by atoms with Gasteiger partial charge >= 0.3 is 29.9 Å². The average molecular weight is 614 g/mol. The van der Waals surface area contributed by atoms with E-state index >= 15 is 0 Å². The molecule has 0 N–H and O–H groups in total. The lowest BCUT2D eigenvalue weighted by Crippen LogP contribution is -2.36. The van der Waals surface area contributed by atoms with Crippen LogP contribution in [0.15, 0.2) is 12.4 Å². The van der Waals surface area contributed by atoms with Gasteiger partial charge in [-0.1, -0.05) is 0 Å². The van der Waals surface area contributed by atoms with Crippen molar-refractivity contribution in [1.82, 2.24) is 19.1 Å². The van der Waals surface area contributed by atoms with Crippen LogP contribution in [0.3, 0.4) is 0 Å². The van der Waals surface area contributed by atoms with Gasteiger partial charge in [0.15, 0.2) is 24.9 Å². The minimum Gasteiger partial charge on any atom is -0.358 e. The molecule has 0 unspecified atom stereocenters. The fourth-order valence-corrected chi connectivity index (χ4v) is 2.80. The molecule has 2 aromatic heterocycles. The molecule has 2 aromatic rings. The van der Waals surface area contributed by atoms with Gasteiger partial charge in [-0.25, -0.2) is 8.78 Å². The number of ketones is 2. The second kappa shape index (κ2) is 14.0. The van der Waals surface area contributed by atoms with Crippen molar-refractivity contribution in [3.63, 3.8) is 0 Å². The highest BCUT2D eigenvalue weighted by molar-refractivity contribution is 5.78. The minimum absolute atomic E-state index is 0.368. The van der Waals surface area contributed by atoms with E-state index in [1.165, 1.54) is 0 Å². The molecule has 0 aliphatic carbocycles. The van der Waals surface area contributed by atoms with Gasteiger partial charge in [-0.2, -0.15) is 35.1 Å². The van der Waals surface area contributed by atoms with E-state index in [1.54, 1.807) is 0 Å². The van der Waals surface area contributed by atoms with Crippen LogP contribution < -0.4 is 0 Å². The summed E-state index contributed by atoms with van der Waals surface area (Å²) in [5.74, 6) is -9.18. The fraction of sp³-hybridized carbons (Fsp3) is 0.579. The van der Waals surface area contributed by atoms with E-state index in [-0.39, 0.29) is 5.82 Å². The lowest BCUT2D eigenvalue weighted by atomic mass is 10.1. The zero-order valence-electron chi connectivity index (χ0n) is 20.2. The molecule has 0 amide bonds. The van der Waals surface area contributed by atoms with Crippen LogP contribution in [0.5, 0.6) is 0 Å². The number of rotatable bonds is 13. The number of imidazole rings is 2. The number of nitro groups is 2. The lowest BCUT2D eigenvalue weighted by molar-refractivity contribution is -0.389. The number of hydrogen-bond acceptors (Lipinski definition) is 8. The number of halogens is 10. The Balaban J connectivity index is 0.000000414.